The molecule has 0 aliphatic carbocycles. The number of ether oxygens (including phenoxy) is 2. The summed E-state index contributed by atoms with van der Waals surface area (Å²) < 4.78 is 10.6. The minimum Gasteiger partial charge on any atom is -0.493 e. The molecule has 0 radical (unpaired) electrons. The van der Waals surface area contributed by atoms with Crippen molar-refractivity contribution in [3.05, 3.63) is 23.3 Å². The van der Waals surface area contributed by atoms with E-state index < -0.39 is 0 Å². The fourth-order valence-electron chi connectivity index (χ4n) is 2.08. The highest BCUT2D eigenvalue weighted by molar-refractivity contribution is 5.55. The lowest BCUT2D eigenvalue weighted by atomic mass is 9.98. The summed E-state index contributed by atoms with van der Waals surface area (Å²) in [6.45, 7) is 1.37. The van der Waals surface area contributed by atoms with E-state index in [4.69, 9.17) is 9.47 Å². The van der Waals surface area contributed by atoms with Crippen LogP contribution in [0.15, 0.2) is 12.1 Å². The first-order chi connectivity index (χ1) is 7.80. The molecule has 1 aliphatic rings. The van der Waals surface area contributed by atoms with Crippen molar-refractivity contribution < 1.29 is 14.3 Å². The van der Waals surface area contributed by atoms with Gasteiger partial charge in [0.25, 0.3) is 0 Å². The number of rotatable bonds is 3. The average Bonchev–Trinajstić information content (AvgIpc) is 2.36. The Bertz CT molecular complexity index is 403. The number of fused-ring (bicyclic) bond motifs is 1. The van der Waals surface area contributed by atoms with Crippen molar-refractivity contribution in [3.63, 3.8) is 0 Å². The van der Waals surface area contributed by atoms with E-state index in [0.29, 0.717) is 12.3 Å². The van der Waals surface area contributed by atoms with Crippen LogP contribution < -0.4 is 9.47 Å². The van der Waals surface area contributed by atoms with E-state index in [2.05, 4.69) is 0 Å². The van der Waals surface area contributed by atoms with Crippen LogP contribution in [0.4, 0.5) is 0 Å². The van der Waals surface area contributed by atoms with Gasteiger partial charge in [-0.3, -0.25) is 4.79 Å². The summed E-state index contributed by atoms with van der Waals surface area (Å²) in [5.41, 5.74) is 2.29. The third-order valence-corrected chi connectivity index (χ3v) is 2.92. The zero-order chi connectivity index (χ0) is 11.5. The number of hydrogen-bond acceptors (Lipinski definition) is 3. The van der Waals surface area contributed by atoms with Crippen LogP contribution >= 0.6 is 0 Å². The maximum absolute atomic E-state index is 10.8. The van der Waals surface area contributed by atoms with Crippen LogP contribution in [0, 0.1) is 0 Å². The molecule has 2 rings (SSSR count). The molecule has 1 aromatic rings. The molecule has 0 saturated heterocycles. The Morgan fingerprint density at radius 1 is 1.31 bits per heavy atom. The van der Waals surface area contributed by atoms with Crippen molar-refractivity contribution in [2.45, 2.75) is 13.0 Å². The van der Waals surface area contributed by atoms with Gasteiger partial charge in [0, 0.05) is 18.7 Å². The number of benzene rings is 1. The molecule has 1 aliphatic heterocycles. The second kappa shape index (κ2) is 4.43. The Labute approximate surface area is 94.8 Å². The Kier molecular flexibility index (Phi) is 2.99. The summed E-state index contributed by atoms with van der Waals surface area (Å²) in [5.74, 6) is 1.46. The lowest BCUT2D eigenvalue weighted by Crippen LogP contribution is -2.29. The van der Waals surface area contributed by atoms with Crippen molar-refractivity contribution in [2.75, 3.05) is 20.8 Å². The van der Waals surface area contributed by atoms with E-state index in [9.17, 15) is 4.79 Å². The first-order valence-corrected chi connectivity index (χ1v) is 5.22. The number of amides is 1. The minimum absolute atomic E-state index is 0.596. The van der Waals surface area contributed by atoms with Crippen LogP contribution in [0.2, 0.25) is 0 Å². The van der Waals surface area contributed by atoms with Crippen molar-refractivity contribution in [1.29, 1.82) is 0 Å². The van der Waals surface area contributed by atoms with Crippen LogP contribution in [0.25, 0.3) is 0 Å². The lowest BCUT2D eigenvalue weighted by molar-refractivity contribution is -0.118. The zero-order valence-corrected chi connectivity index (χ0v) is 9.53. The predicted octanol–water partition coefficient (Wildman–Crippen LogP) is 1.22. The second-order valence-corrected chi connectivity index (χ2v) is 3.76. The molecule has 4 heteroatoms. The molecule has 0 fully saturated rings. The standard InChI is InChI=1S/C12H15NO3/c1-15-11-4-3-9-5-6-13(8-14)7-10(9)12(11)16-2/h3-4,8H,5-7H2,1-2H3. The molecule has 16 heavy (non-hydrogen) atoms. The monoisotopic (exact) mass is 221 g/mol. The fourth-order valence-corrected chi connectivity index (χ4v) is 2.08. The molecule has 1 aromatic carbocycles. The SMILES string of the molecule is COc1ccc2c(c1OC)CN(C=O)CC2. The van der Waals surface area contributed by atoms with Crippen molar-refractivity contribution in [1.82, 2.24) is 4.90 Å². The van der Waals surface area contributed by atoms with Crippen LogP contribution in [0.3, 0.4) is 0 Å². The van der Waals surface area contributed by atoms with Crippen LogP contribution in [0.5, 0.6) is 11.5 Å². The van der Waals surface area contributed by atoms with E-state index in [1.807, 2.05) is 12.1 Å². The maximum Gasteiger partial charge on any atom is 0.210 e. The molecule has 0 saturated carbocycles. The molecule has 0 bridgehead atoms. The number of hydrogen-bond donors (Lipinski definition) is 0. The molecule has 0 atom stereocenters. The van der Waals surface area contributed by atoms with Crippen LogP contribution in [0.1, 0.15) is 11.1 Å². The highest BCUT2D eigenvalue weighted by Gasteiger charge is 2.21. The summed E-state index contributed by atoms with van der Waals surface area (Å²) in [6, 6.07) is 3.95. The van der Waals surface area contributed by atoms with Gasteiger partial charge < -0.3 is 14.4 Å². The number of methoxy groups -OCH3 is 2. The smallest absolute Gasteiger partial charge is 0.210 e. The van der Waals surface area contributed by atoms with Crippen molar-refractivity contribution in [2.24, 2.45) is 0 Å². The highest BCUT2D eigenvalue weighted by atomic mass is 16.5. The van der Waals surface area contributed by atoms with Gasteiger partial charge in [0.2, 0.25) is 6.41 Å². The van der Waals surface area contributed by atoms with Gasteiger partial charge in [-0.25, -0.2) is 0 Å². The molecule has 0 spiro atoms. The summed E-state index contributed by atoms with van der Waals surface area (Å²) in [6.07, 6.45) is 1.75. The Hall–Kier alpha value is -1.71. The summed E-state index contributed by atoms with van der Waals surface area (Å²) in [4.78, 5) is 12.5. The molecule has 1 amide bonds. The van der Waals surface area contributed by atoms with E-state index >= 15 is 0 Å². The molecule has 1 heterocycles. The molecular weight excluding hydrogens is 206 g/mol. The predicted molar refractivity (Wildman–Crippen MR) is 59.7 cm³/mol. The molecule has 4 nitrogen and oxygen atoms in total. The highest BCUT2D eigenvalue weighted by Crippen LogP contribution is 2.36. The molecule has 0 unspecified atom stereocenters. The first kappa shape index (κ1) is 10.8. The zero-order valence-electron chi connectivity index (χ0n) is 9.53. The topological polar surface area (TPSA) is 38.8 Å². The number of carbonyl (C=O) groups is 1. The van der Waals surface area contributed by atoms with E-state index in [0.717, 1.165) is 30.7 Å². The van der Waals surface area contributed by atoms with E-state index in [1.54, 1.807) is 19.1 Å². The molecule has 0 N–H and O–H groups in total. The Balaban J connectivity index is 2.45. The fraction of sp³-hybridized carbons (Fsp3) is 0.417. The Morgan fingerprint density at radius 3 is 2.75 bits per heavy atom. The van der Waals surface area contributed by atoms with Gasteiger partial charge in [-0.05, 0) is 18.1 Å². The third-order valence-electron chi connectivity index (χ3n) is 2.92. The van der Waals surface area contributed by atoms with Gasteiger partial charge >= 0.3 is 0 Å². The van der Waals surface area contributed by atoms with Gasteiger partial charge in [0.05, 0.1) is 14.2 Å². The first-order valence-electron chi connectivity index (χ1n) is 5.22. The number of carbonyl (C=O) groups excluding carboxylic acids is 1. The van der Waals surface area contributed by atoms with Crippen LogP contribution in [-0.2, 0) is 17.8 Å². The van der Waals surface area contributed by atoms with Crippen LogP contribution in [-0.4, -0.2) is 32.1 Å². The van der Waals surface area contributed by atoms with Gasteiger partial charge in [-0.1, -0.05) is 6.07 Å². The number of nitrogens with zero attached hydrogens (tertiary/aromatic N) is 1. The summed E-state index contributed by atoms with van der Waals surface area (Å²) in [7, 11) is 3.24. The molecule has 86 valence electrons. The Morgan fingerprint density at radius 2 is 2.12 bits per heavy atom. The van der Waals surface area contributed by atoms with Gasteiger partial charge in [-0.15, -0.1) is 0 Å². The van der Waals surface area contributed by atoms with Crippen molar-refractivity contribution >= 4 is 6.41 Å². The average molecular weight is 221 g/mol. The third kappa shape index (κ3) is 1.71. The lowest BCUT2D eigenvalue weighted by Gasteiger charge is -2.27. The second-order valence-electron chi connectivity index (χ2n) is 3.76. The normalized spacial score (nSPS) is 14.2. The molecular formula is C12H15NO3. The largest absolute Gasteiger partial charge is 0.493 e. The van der Waals surface area contributed by atoms with Crippen molar-refractivity contribution in [3.8, 4) is 11.5 Å². The molecule has 0 aromatic heterocycles. The van der Waals surface area contributed by atoms with E-state index in [1.165, 1.54) is 5.56 Å². The van der Waals surface area contributed by atoms with E-state index in [-0.39, 0.29) is 0 Å². The van der Waals surface area contributed by atoms with Gasteiger partial charge in [-0.2, -0.15) is 0 Å². The maximum atomic E-state index is 10.8. The van der Waals surface area contributed by atoms with Gasteiger partial charge in [0.15, 0.2) is 11.5 Å². The summed E-state index contributed by atoms with van der Waals surface area (Å²) in [5, 5.41) is 0. The summed E-state index contributed by atoms with van der Waals surface area (Å²) >= 11 is 0. The minimum atomic E-state index is 0.596. The van der Waals surface area contributed by atoms with Gasteiger partial charge in [0.1, 0.15) is 0 Å². The quantitative estimate of drug-likeness (QED) is 0.720.